The van der Waals surface area contributed by atoms with Gasteiger partial charge in [0.1, 0.15) is 5.75 Å². The number of benzene rings is 3. The number of aryl methyl sites for hydroxylation is 1. The van der Waals surface area contributed by atoms with Gasteiger partial charge in [0.2, 0.25) is 5.91 Å². The molecule has 1 aromatic heterocycles. The van der Waals surface area contributed by atoms with Crippen molar-refractivity contribution in [2.45, 2.75) is 12.1 Å². The quantitative estimate of drug-likeness (QED) is 0.400. The van der Waals surface area contributed by atoms with Gasteiger partial charge in [-0.05, 0) is 61.5 Å². The first-order valence-corrected chi connectivity index (χ1v) is 11.2. The van der Waals surface area contributed by atoms with E-state index in [4.69, 9.17) is 10.00 Å². The number of rotatable bonds is 7. The third kappa shape index (κ3) is 5.22. The van der Waals surface area contributed by atoms with E-state index in [0.717, 1.165) is 22.6 Å². The molecule has 0 saturated heterocycles. The number of methoxy groups -OCH3 is 1. The fourth-order valence-electron chi connectivity index (χ4n) is 3.25. The number of carbonyl (C=O) groups is 1. The van der Waals surface area contributed by atoms with Crippen LogP contribution in [0.5, 0.6) is 5.75 Å². The van der Waals surface area contributed by atoms with E-state index in [2.05, 4.69) is 27.6 Å². The minimum Gasteiger partial charge on any atom is -0.497 e. The molecule has 1 N–H and O–H groups in total. The Morgan fingerprint density at radius 3 is 2.52 bits per heavy atom. The van der Waals surface area contributed by atoms with Gasteiger partial charge < -0.3 is 10.1 Å². The van der Waals surface area contributed by atoms with Crippen molar-refractivity contribution in [3.8, 4) is 28.9 Å². The summed E-state index contributed by atoms with van der Waals surface area (Å²) in [7, 11) is 1.62. The Kier molecular flexibility index (Phi) is 6.72. The molecule has 0 aliphatic heterocycles. The van der Waals surface area contributed by atoms with Crippen LogP contribution in [0.4, 0.5) is 5.69 Å². The van der Waals surface area contributed by atoms with Gasteiger partial charge in [-0.1, -0.05) is 35.5 Å². The molecule has 0 aliphatic rings. The third-order valence-corrected chi connectivity index (χ3v) is 5.80. The number of amides is 1. The Balaban J connectivity index is 1.59. The Labute approximate surface area is 196 Å². The van der Waals surface area contributed by atoms with Crippen LogP contribution in [-0.4, -0.2) is 33.5 Å². The van der Waals surface area contributed by atoms with Crippen molar-refractivity contribution in [3.63, 3.8) is 0 Å². The second-order valence-electron chi connectivity index (χ2n) is 7.24. The number of hydrogen-bond acceptors (Lipinski definition) is 6. The molecule has 1 amide bonds. The maximum Gasteiger partial charge on any atom is 0.234 e. The van der Waals surface area contributed by atoms with Gasteiger partial charge in [0, 0.05) is 16.9 Å². The van der Waals surface area contributed by atoms with Gasteiger partial charge in [0.05, 0.1) is 24.5 Å². The van der Waals surface area contributed by atoms with E-state index >= 15 is 0 Å². The van der Waals surface area contributed by atoms with Crippen LogP contribution in [0.2, 0.25) is 0 Å². The number of hydrogen-bond donors (Lipinski definition) is 1. The van der Waals surface area contributed by atoms with Crippen LogP contribution >= 0.6 is 11.8 Å². The highest BCUT2D eigenvalue weighted by molar-refractivity contribution is 7.99. The molecule has 3 aromatic carbocycles. The zero-order chi connectivity index (χ0) is 23.2. The summed E-state index contributed by atoms with van der Waals surface area (Å²) in [6.45, 7) is 2.03. The van der Waals surface area contributed by atoms with Crippen LogP contribution in [0.3, 0.4) is 0 Å². The lowest BCUT2D eigenvalue weighted by Gasteiger charge is -2.11. The van der Waals surface area contributed by atoms with E-state index in [9.17, 15) is 4.79 Å². The third-order valence-electron chi connectivity index (χ3n) is 4.87. The average molecular weight is 456 g/mol. The summed E-state index contributed by atoms with van der Waals surface area (Å²) < 4.78 is 7.22. The first-order chi connectivity index (χ1) is 16.1. The Morgan fingerprint density at radius 2 is 1.85 bits per heavy atom. The number of nitriles is 1. The molecule has 8 heteroatoms. The number of thioether (sulfide) groups is 1. The van der Waals surface area contributed by atoms with E-state index < -0.39 is 0 Å². The average Bonchev–Trinajstić information content (AvgIpc) is 3.27. The fraction of sp³-hybridized carbons (Fsp3) is 0.120. The molecule has 164 valence electrons. The van der Waals surface area contributed by atoms with Crippen LogP contribution in [0, 0.1) is 18.3 Å². The first-order valence-electron chi connectivity index (χ1n) is 10.2. The van der Waals surface area contributed by atoms with Crippen LogP contribution in [-0.2, 0) is 4.79 Å². The number of nitrogens with zero attached hydrogens (tertiary/aromatic N) is 4. The Morgan fingerprint density at radius 1 is 1.09 bits per heavy atom. The van der Waals surface area contributed by atoms with E-state index in [0.29, 0.717) is 22.2 Å². The van der Waals surface area contributed by atoms with Gasteiger partial charge in [-0.15, -0.1) is 10.2 Å². The monoisotopic (exact) mass is 455 g/mol. The molecule has 4 rings (SSSR count). The molecule has 0 spiro atoms. The molecule has 0 aliphatic carbocycles. The van der Waals surface area contributed by atoms with Gasteiger partial charge in [0.15, 0.2) is 11.0 Å². The number of ether oxygens (including phenoxy) is 1. The summed E-state index contributed by atoms with van der Waals surface area (Å²) >= 11 is 1.30. The Bertz CT molecular complexity index is 1310. The highest BCUT2D eigenvalue weighted by Gasteiger charge is 2.17. The summed E-state index contributed by atoms with van der Waals surface area (Å²) in [5, 5.41) is 21.1. The van der Waals surface area contributed by atoms with Crippen molar-refractivity contribution in [3.05, 3.63) is 83.9 Å². The van der Waals surface area contributed by atoms with Crippen LogP contribution in [0.1, 0.15) is 11.1 Å². The second-order valence-corrected chi connectivity index (χ2v) is 8.18. The van der Waals surface area contributed by atoms with Gasteiger partial charge in [-0.25, -0.2) is 0 Å². The molecule has 0 radical (unpaired) electrons. The fourth-order valence-corrected chi connectivity index (χ4v) is 4.01. The van der Waals surface area contributed by atoms with E-state index in [1.54, 1.807) is 31.4 Å². The van der Waals surface area contributed by atoms with Gasteiger partial charge in [0.25, 0.3) is 0 Å². The minimum atomic E-state index is -0.175. The van der Waals surface area contributed by atoms with Crippen molar-refractivity contribution < 1.29 is 9.53 Å². The zero-order valence-corrected chi connectivity index (χ0v) is 19.0. The molecule has 1 heterocycles. The normalized spacial score (nSPS) is 10.5. The van der Waals surface area contributed by atoms with Crippen LogP contribution in [0.25, 0.3) is 17.1 Å². The largest absolute Gasteiger partial charge is 0.497 e. The standard InChI is InChI=1S/C25H21N5O2S/c1-17-4-3-5-19(14-17)24-28-29-25(30(24)21-10-12-22(32-2)13-11-21)33-16-23(31)27-20-8-6-18(15-26)7-9-20/h3-14H,16H2,1-2H3,(H,27,31). The molecular formula is C25H21N5O2S. The topological polar surface area (TPSA) is 92.8 Å². The summed E-state index contributed by atoms with van der Waals surface area (Å²) in [5.41, 5.74) is 4.10. The van der Waals surface area contributed by atoms with Crippen LogP contribution in [0.15, 0.2) is 78.0 Å². The van der Waals surface area contributed by atoms with Crippen molar-refractivity contribution in [2.75, 3.05) is 18.2 Å². The summed E-state index contributed by atoms with van der Waals surface area (Å²) in [4.78, 5) is 12.5. The number of anilines is 1. The van der Waals surface area contributed by atoms with E-state index in [1.807, 2.05) is 54.0 Å². The maximum atomic E-state index is 12.5. The summed E-state index contributed by atoms with van der Waals surface area (Å²) in [6.07, 6.45) is 0. The molecule has 0 saturated carbocycles. The predicted octanol–water partition coefficient (Wildman–Crippen LogP) is 4.85. The lowest BCUT2D eigenvalue weighted by Crippen LogP contribution is -2.14. The lowest BCUT2D eigenvalue weighted by atomic mass is 10.1. The van der Waals surface area contributed by atoms with Gasteiger partial charge >= 0.3 is 0 Å². The SMILES string of the molecule is COc1ccc(-n2c(SCC(=O)Nc3ccc(C#N)cc3)nnc2-c2cccc(C)c2)cc1. The van der Waals surface area contributed by atoms with Crippen molar-refractivity contribution in [1.29, 1.82) is 5.26 Å². The maximum absolute atomic E-state index is 12.5. The molecule has 4 aromatic rings. The molecule has 0 bridgehead atoms. The van der Waals surface area contributed by atoms with Crippen molar-refractivity contribution in [1.82, 2.24) is 14.8 Å². The lowest BCUT2D eigenvalue weighted by molar-refractivity contribution is -0.113. The van der Waals surface area contributed by atoms with Gasteiger partial charge in [-0.3, -0.25) is 9.36 Å². The number of nitrogens with one attached hydrogen (secondary N) is 1. The van der Waals surface area contributed by atoms with E-state index in [-0.39, 0.29) is 11.7 Å². The number of aromatic nitrogens is 3. The van der Waals surface area contributed by atoms with Crippen molar-refractivity contribution in [2.24, 2.45) is 0 Å². The van der Waals surface area contributed by atoms with Gasteiger partial charge in [-0.2, -0.15) is 5.26 Å². The van der Waals surface area contributed by atoms with E-state index in [1.165, 1.54) is 11.8 Å². The van der Waals surface area contributed by atoms with Crippen LogP contribution < -0.4 is 10.1 Å². The first kappa shape index (κ1) is 22.1. The molecular weight excluding hydrogens is 434 g/mol. The second kappa shape index (κ2) is 10.0. The summed E-state index contributed by atoms with van der Waals surface area (Å²) in [6, 6.07) is 24.5. The molecule has 7 nitrogen and oxygen atoms in total. The molecule has 0 fully saturated rings. The van der Waals surface area contributed by atoms with Crippen molar-refractivity contribution >= 4 is 23.4 Å². The summed E-state index contributed by atoms with van der Waals surface area (Å²) in [5.74, 6) is 1.42. The zero-order valence-electron chi connectivity index (χ0n) is 18.1. The predicted molar refractivity (Wildman–Crippen MR) is 129 cm³/mol. The smallest absolute Gasteiger partial charge is 0.234 e. The minimum absolute atomic E-state index is 0.155. The highest BCUT2D eigenvalue weighted by Crippen LogP contribution is 2.29. The molecule has 33 heavy (non-hydrogen) atoms. The molecule has 0 unspecified atom stereocenters. The molecule has 0 atom stereocenters. The number of carbonyl (C=O) groups excluding carboxylic acids is 1. The Hall–Kier alpha value is -4.09. The highest BCUT2D eigenvalue weighted by atomic mass is 32.2.